The van der Waals surface area contributed by atoms with E-state index in [1.807, 2.05) is 6.07 Å². The number of carbonyl (C=O) groups is 1. The van der Waals surface area contributed by atoms with Crippen LogP contribution < -0.4 is 14.8 Å². The molecule has 2 heterocycles. The van der Waals surface area contributed by atoms with Crippen molar-refractivity contribution in [2.24, 2.45) is 5.41 Å². The minimum atomic E-state index is -0.0905. The van der Waals surface area contributed by atoms with Crippen LogP contribution in [-0.2, 0) is 4.74 Å². The van der Waals surface area contributed by atoms with Crippen LogP contribution in [0.1, 0.15) is 36.0 Å². The van der Waals surface area contributed by atoms with Crippen LogP contribution in [0, 0.1) is 5.41 Å². The minimum absolute atomic E-state index is 0.0905. The van der Waals surface area contributed by atoms with E-state index < -0.39 is 0 Å². The summed E-state index contributed by atoms with van der Waals surface area (Å²) in [5.74, 6) is 1.32. The maximum absolute atomic E-state index is 12.2. The number of fused-ring (bicyclic) bond motifs is 1. The second kappa shape index (κ2) is 5.47. The number of carbonyl (C=O) groups excluding carboxylic acids is 1. The van der Waals surface area contributed by atoms with Gasteiger partial charge in [-0.15, -0.1) is 0 Å². The van der Waals surface area contributed by atoms with E-state index in [1.165, 1.54) is 0 Å². The third-order valence-corrected chi connectivity index (χ3v) is 4.75. The highest BCUT2D eigenvalue weighted by atomic mass is 16.5. The van der Waals surface area contributed by atoms with Crippen LogP contribution in [0.15, 0.2) is 18.2 Å². The van der Waals surface area contributed by atoms with Crippen LogP contribution >= 0.6 is 0 Å². The number of benzene rings is 1. The van der Waals surface area contributed by atoms with Crippen molar-refractivity contribution in [3.05, 3.63) is 23.8 Å². The zero-order chi connectivity index (χ0) is 15.0. The Morgan fingerprint density at radius 3 is 2.77 bits per heavy atom. The topological polar surface area (TPSA) is 56.8 Å². The molecule has 2 fully saturated rings. The first kappa shape index (κ1) is 13.9. The number of hydrogen-bond acceptors (Lipinski definition) is 4. The van der Waals surface area contributed by atoms with Gasteiger partial charge >= 0.3 is 0 Å². The van der Waals surface area contributed by atoms with E-state index in [4.69, 9.17) is 14.2 Å². The third-order valence-electron chi connectivity index (χ3n) is 4.75. The zero-order valence-corrected chi connectivity index (χ0v) is 12.6. The van der Waals surface area contributed by atoms with E-state index in [-0.39, 0.29) is 17.4 Å². The van der Waals surface area contributed by atoms with Gasteiger partial charge in [-0.3, -0.25) is 4.79 Å². The largest absolute Gasteiger partial charge is 0.489 e. The highest BCUT2D eigenvalue weighted by molar-refractivity contribution is 5.94. The fraction of sp³-hybridized carbons (Fsp3) is 0.588. The molecule has 1 aliphatic carbocycles. The summed E-state index contributed by atoms with van der Waals surface area (Å²) in [6, 6.07) is 5.40. The van der Waals surface area contributed by atoms with Gasteiger partial charge in [0.2, 0.25) is 0 Å². The first-order valence-electron chi connectivity index (χ1n) is 8.04. The van der Waals surface area contributed by atoms with Crippen molar-refractivity contribution in [3.8, 4) is 11.5 Å². The van der Waals surface area contributed by atoms with Gasteiger partial charge in [0.05, 0.1) is 19.3 Å². The van der Waals surface area contributed by atoms with Gasteiger partial charge in [0.25, 0.3) is 5.91 Å². The molecule has 4 rings (SSSR count). The molecule has 0 bridgehead atoms. The summed E-state index contributed by atoms with van der Waals surface area (Å²) < 4.78 is 17.2. The summed E-state index contributed by atoms with van der Waals surface area (Å²) in [5.41, 5.74) is 0.813. The summed E-state index contributed by atoms with van der Waals surface area (Å²) in [7, 11) is 0. The molecule has 0 radical (unpaired) electrons. The molecule has 1 atom stereocenters. The number of amides is 1. The van der Waals surface area contributed by atoms with E-state index >= 15 is 0 Å². The lowest BCUT2D eigenvalue weighted by Gasteiger charge is -2.12. The predicted octanol–water partition coefficient (Wildman–Crippen LogP) is 2.15. The molecule has 0 unspecified atom stereocenters. The van der Waals surface area contributed by atoms with Crippen molar-refractivity contribution < 1.29 is 19.0 Å². The SMILES string of the molecule is O=C(NC[C@@H]1CCCO1)c1ccc2c(c1)OCC1(CC1)CO2. The highest BCUT2D eigenvalue weighted by Crippen LogP contribution is 2.49. The standard InChI is InChI=1S/C17H21NO4/c19-16(18-9-13-2-1-7-20-13)12-3-4-14-15(8-12)22-11-17(5-6-17)10-21-14/h3-4,8,13H,1-2,5-7,9-11H2,(H,18,19)/t13-/m0/s1. The molecular formula is C17H21NO4. The number of nitrogens with one attached hydrogen (secondary N) is 1. The molecule has 1 saturated heterocycles. The normalized spacial score (nSPS) is 24.8. The molecular weight excluding hydrogens is 282 g/mol. The molecule has 1 aromatic rings. The first-order valence-corrected chi connectivity index (χ1v) is 8.04. The molecule has 5 nitrogen and oxygen atoms in total. The molecule has 1 N–H and O–H groups in total. The maximum Gasteiger partial charge on any atom is 0.251 e. The van der Waals surface area contributed by atoms with Gasteiger partial charge in [-0.2, -0.15) is 0 Å². The van der Waals surface area contributed by atoms with E-state index in [1.54, 1.807) is 12.1 Å². The fourth-order valence-electron chi connectivity index (χ4n) is 2.96. The van der Waals surface area contributed by atoms with Gasteiger partial charge in [0, 0.05) is 24.1 Å². The molecule has 1 saturated carbocycles. The Kier molecular flexibility index (Phi) is 3.45. The molecule has 1 aromatic carbocycles. The van der Waals surface area contributed by atoms with Crippen molar-refractivity contribution in [1.82, 2.24) is 5.32 Å². The average molecular weight is 303 g/mol. The minimum Gasteiger partial charge on any atom is -0.489 e. The van der Waals surface area contributed by atoms with Crippen LogP contribution in [0.5, 0.6) is 11.5 Å². The van der Waals surface area contributed by atoms with Crippen LogP contribution in [0.4, 0.5) is 0 Å². The Morgan fingerprint density at radius 2 is 2.05 bits per heavy atom. The Morgan fingerprint density at radius 1 is 1.23 bits per heavy atom. The lowest BCUT2D eigenvalue weighted by molar-refractivity contribution is 0.0857. The van der Waals surface area contributed by atoms with E-state index in [0.29, 0.717) is 31.1 Å². The Labute approximate surface area is 129 Å². The molecule has 22 heavy (non-hydrogen) atoms. The van der Waals surface area contributed by atoms with Crippen molar-refractivity contribution in [3.63, 3.8) is 0 Å². The number of hydrogen-bond donors (Lipinski definition) is 1. The van der Waals surface area contributed by atoms with Gasteiger partial charge in [-0.1, -0.05) is 0 Å². The van der Waals surface area contributed by atoms with Gasteiger partial charge in [-0.25, -0.2) is 0 Å². The van der Waals surface area contributed by atoms with Crippen LogP contribution in [0.25, 0.3) is 0 Å². The molecule has 1 amide bonds. The zero-order valence-electron chi connectivity index (χ0n) is 12.6. The summed E-state index contributed by atoms with van der Waals surface area (Å²) in [6.07, 6.45) is 4.57. The fourth-order valence-corrected chi connectivity index (χ4v) is 2.96. The van der Waals surface area contributed by atoms with Gasteiger partial charge in [0.15, 0.2) is 11.5 Å². The first-order chi connectivity index (χ1) is 10.7. The Hall–Kier alpha value is -1.75. The lowest BCUT2D eigenvalue weighted by Crippen LogP contribution is -2.31. The van der Waals surface area contributed by atoms with Crippen molar-refractivity contribution in [2.75, 3.05) is 26.4 Å². The monoisotopic (exact) mass is 303 g/mol. The molecule has 1 spiro atoms. The number of ether oxygens (including phenoxy) is 3. The third kappa shape index (κ3) is 2.77. The van der Waals surface area contributed by atoms with Gasteiger partial charge in [-0.05, 0) is 43.9 Å². The van der Waals surface area contributed by atoms with Crippen LogP contribution in [-0.4, -0.2) is 38.4 Å². The maximum atomic E-state index is 12.2. The van der Waals surface area contributed by atoms with E-state index in [2.05, 4.69) is 5.32 Å². The molecule has 2 aliphatic heterocycles. The van der Waals surface area contributed by atoms with E-state index in [0.717, 1.165) is 38.0 Å². The second-order valence-electron chi connectivity index (χ2n) is 6.58. The average Bonchev–Trinajstić information content (AvgIpc) is 3.18. The van der Waals surface area contributed by atoms with E-state index in [9.17, 15) is 4.79 Å². The Bertz CT molecular complexity index is 576. The van der Waals surface area contributed by atoms with Gasteiger partial charge in [0.1, 0.15) is 0 Å². The predicted molar refractivity (Wildman–Crippen MR) is 80.4 cm³/mol. The summed E-state index contributed by atoms with van der Waals surface area (Å²) >= 11 is 0. The molecule has 118 valence electrons. The van der Waals surface area contributed by atoms with Crippen molar-refractivity contribution in [1.29, 1.82) is 0 Å². The van der Waals surface area contributed by atoms with Gasteiger partial charge < -0.3 is 19.5 Å². The number of rotatable bonds is 3. The highest BCUT2D eigenvalue weighted by Gasteiger charge is 2.46. The summed E-state index contributed by atoms with van der Waals surface area (Å²) in [4.78, 5) is 12.2. The van der Waals surface area contributed by atoms with Crippen LogP contribution in [0.2, 0.25) is 0 Å². The molecule has 0 aromatic heterocycles. The Balaban J connectivity index is 1.42. The van der Waals surface area contributed by atoms with Crippen molar-refractivity contribution >= 4 is 5.91 Å². The summed E-state index contributed by atoms with van der Waals surface area (Å²) in [5, 5.41) is 2.93. The quantitative estimate of drug-likeness (QED) is 0.929. The molecule has 3 aliphatic rings. The second-order valence-corrected chi connectivity index (χ2v) is 6.58. The van der Waals surface area contributed by atoms with Crippen molar-refractivity contribution in [2.45, 2.75) is 31.8 Å². The smallest absolute Gasteiger partial charge is 0.251 e. The van der Waals surface area contributed by atoms with Crippen LogP contribution in [0.3, 0.4) is 0 Å². The molecule has 5 heteroatoms. The lowest BCUT2D eigenvalue weighted by atomic mass is 10.1. The summed E-state index contributed by atoms with van der Waals surface area (Å²) in [6.45, 7) is 2.76.